The molecule has 2 N–H and O–H groups in total. The van der Waals surface area contributed by atoms with E-state index in [0.29, 0.717) is 30.8 Å². The van der Waals surface area contributed by atoms with Crippen LogP contribution < -0.4 is 10.6 Å². The van der Waals surface area contributed by atoms with Gasteiger partial charge >= 0.3 is 0 Å². The molecule has 0 spiro atoms. The van der Waals surface area contributed by atoms with Gasteiger partial charge in [0.2, 0.25) is 0 Å². The van der Waals surface area contributed by atoms with Gasteiger partial charge in [-0.1, -0.05) is 12.1 Å². The van der Waals surface area contributed by atoms with E-state index in [9.17, 15) is 9.59 Å². The molecule has 0 radical (unpaired) electrons. The predicted molar refractivity (Wildman–Crippen MR) is 102 cm³/mol. The SMILES string of the molecule is CCn1nc2c(c1C(=O)NCc1ccc(C(=O)NC)cc1)C[C@H](C)O[C@@H]2C. The fourth-order valence-corrected chi connectivity index (χ4v) is 3.46. The minimum atomic E-state index is -0.137. The molecule has 0 saturated heterocycles. The number of benzene rings is 1. The number of hydrogen-bond acceptors (Lipinski definition) is 4. The van der Waals surface area contributed by atoms with E-state index in [2.05, 4.69) is 15.7 Å². The van der Waals surface area contributed by atoms with Crippen LogP contribution in [0.3, 0.4) is 0 Å². The highest BCUT2D eigenvalue weighted by atomic mass is 16.5. The number of fused-ring (bicyclic) bond motifs is 1. The van der Waals surface area contributed by atoms with Gasteiger partial charge in [0.25, 0.3) is 11.8 Å². The van der Waals surface area contributed by atoms with E-state index >= 15 is 0 Å². The predicted octanol–water partition coefficient (Wildman–Crippen LogP) is 2.21. The van der Waals surface area contributed by atoms with Crippen LogP contribution in [0.4, 0.5) is 0 Å². The van der Waals surface area contributed by atoms with E-state index in [1.807, 2.05) is 32.9 Å². The van der Waals surface area contributed by atoms with Crippen molar-refractivity contribution in [2.45, 2.75) is 52.5 Å². The van der Waals surface area contributed by atoms with Crippen molar-refractivity contribution in [3.8, 4) is 0 Å². The van der Waals surface area contributed by atoms with Gasteiger partial charge in [-0.15, -0.1) is 0 Å². The molecule has 2 heterocycles. The molecule has 1 aliphatic rings. The van der Waals surface area contributed by atoms with Crippen molar-refractivity contribution in [3.05, 3.63) is 52.3 Å². The molecule has 7 nitrogen and oxygen atoms in total. The van der Waals surface area contributed by atoms with Crippen LogP contribution in [0.15, 0.2) is 24.3 Å². The van der Waals surface area contributed by atoms with Gasteiger partial charge in [0.05, 0.1) is 17.9 Å². The number of amides is 2. The summed E-state index contributed by atoms with van der Waals surface area (Å²) in [5.74, 6) is -0.267. The monoisotopic (exact) mass is 370 g/mol. The average molecular weight is 370 g/mol. The van der Waals surface area contributed by atoms with Crippen molar-refractivity contribution >= 4 is 11.8 Å². The van der Waals surface area contributed by atoms with Crippen molar-refractivity contribution in [2.75, 3.05) is 7.05 Å². The quantitative estimate of drug-likeness (QED) is 0.845. The van der Waals surface area contributed by atoms with Gasteiger partial charge < -0.3 is 15.4 Å². The summed E-state index contributed by atoms with van der Waals surface area (Å²) < 4.78 is 7.59. The van der Waals surface area contributed by atoms with Crippen molar-refractivity contribution in [2.24, 2.45) is 0 Å². The maximum absolute atomic E-state index is 12.9. The van der Waals surface area contributed by atoms with E-state index in [0.717, 1.165) is 16.8 Å². The van der Waals surface area contributed by atoms with E-state index in [1.54, 1.807) is 23.9 Å². The van der Waals surface area contributed by atoms with Crippen LogP contribution in [0, 0.1) is 0 Å². The van der Waals surface area contributed by atoms with E-state index < -0.39 is 0 Å². The first-order valence-corrected chi connectivity index (χ1v) is 9.28. The summed E-state index contributed by atoms with van der Waals surface area (Å²) in [5.41, 5.74) is 3.98. The number of carbonyl (C=O) groups excluding carboxylic acids is 2. The smallest absolute Gasteiger partial charge is 0.270 e. The van der Waals surface area contributed by atoms with Crippen molar-refractivity contribution in [1.82, 2.24) is 20.4 Å². The first-order valence-electron chi connectivity index (χ1n) is 9.28. The maximum Gasteiger partial charge on any atom is 0.270 e. The third kappa shape index (κ3) is 3.88. The van der Waals surface area contributed by atoms with Gasteiger partial charge in [-0.2, -0.15) is 5.10 Å². The summed E-state index contributed by atoms with van der Waals surface area (Å²) in [5, 5.41) is 10.2. The largest absolute Gasteiger partial charge is 0.369 e. The number of ether oxygens (including phenoxy) is 1. The lowest BCUT2D eigenvalue weighted by molar-refractivity contribution is -0.00712. The first kappa shape index (κ1) is 19.1. The Bertz CT molecular complexity index is 842. The van der Waals surface area contributed by atoms with Crippen LogP contribution in [0.2, 0.25) is 0 Å². The molecule has 144 valence electrons. The molecule has 0 bridgehead atoms. The number of aromatic nitrogens is 2. The molecule has 3 rings (SSSR count). The van der Waals surface area contributed by atoms with Crippen LogP contribution in [-0.2, 0) is 24.2 Å². The second-order valence-corrected chi connectivity index (χ2v) is 6.78. The molecule has 1 aromatic carbocycles. The second-order valence-electron chi connectivity index (χ2n) is 6.78. The normalized spacial score (nSPS) is 18.7. The Morgan fingerprint density at radius 3 is 2.56 bits per heavy atom. The van der Waals surface area contributed by atoms with Gasteiger partial charge in [0, 0.05) is 37.7 Å². The van der Waals surface area contributed by atoms with Gasteiger partial charge in [-0.25, -0.2) is 0 Å². The number of hydrogen-bond donors (Lipinski definition) is 2. The minimum absolute atomic E-state index is 0.0609. The fraction of sp³-hybridized carbons (Fsp3) is 0.450. The van der Waals surface area contributed by atoms with Crippen LogP contribution in [-0.4, -0.2) is 34.7 Å². The molecule has 27 heavy (non-hydrogen) atoms. The fourth-order valence-electron chi connectivity index (χ4n) is 3.46. The highest BCUT2D eigenvalue weighted by Gasteiger charge is 2.31. The Morgan fingerprint density at radius 1 is 1.22 bits per heavy atom. The van der Waals surface area contributed by atoms with Crippen molar-refractivity contribution in [1.29, 1.82) is 0 Å². The molecule has 0 fully saturated rings. The van der Waals surface area contributed by atoms with Crippen LogP contribution in [0.1, 0.15) is 64.5 Å². The number of nitrogens with one attached hydrogen (secondary N) is 2. The maximum atomic E-state index is 12.9. The van der Waals surface area contributed by atoms with E-state index in [4.69, 9.17) is 4.74 Å². The zero-order valence-corrected chi connectivity index (χ0v) is 16.2. The average Bonchev–Trinajstić information content (AvgIpc) is 3.04. The molecule has 2 aromatic rings. The topological polar surface area (TPSA) is 85.2 Å². The summed E-state index contributed by atoms with van der Waals surface area (Å²) in [7, 11) is 1.60. The van der Waals surface area contributed by atoms with E-state index in [-0.39, 0.29) is 24.0 Å². The summed E-state index contributed by atoms with van der Waals surface area (Å²) >= 11 is 0. The zero-order valence-electron chi connectivity index (χ0n) is 16.2. The molecular weight excluding hydrogens is 344 g/mol. The zero-order chi connectivity index (χ0) is 19.6. The number of carbonyl (C=O) groups is 2. The molecule has 0 saturated carbocycles. The number of nitrogens with zero attached hydrogens (tertiary/aromatic N) is 2. The molecule has 2 atom stereocenters. The summed E-state index contributed by atoms with van der Waals surface area (Å²) in [4.78, 5) is 24.5. The molecule has 1 aliphatic heterocycles. The number of aryl methyl sites for hydroxylation is 1. The van der Waals surface area contributed by atoms with Crippen LogP contribution in [0.25, 0.3) is 0 Å². The third-order valence-corrected chi connectivity index (χ3v) is 4.81. The molecule has 0 unspecified atom stereocenters. The van der Waals surface area contributed by atoms with Gasteiger partial charge in [-0.05, 0) is 38.5 Å². The lowest BCUT2D eigenvalue weighted by Gasteiger charge is -2.24. The third-order valence-electron chi connectivity index (χ3n) is 4.81. The first-order chi connectivity index (χ1) is 12.9. The Kier molecular flexibility index (Phi) is 5.60. The lowest BCUT2D eigenvalue weighted by Crippen LogP contribution is -2.28. The molecule has 7 heteroatoms. The van der Waals surface area contributed by atoms with Gasteiger partial charge in [-0.3, -0.25) is 14.3 Å². The summed E-state index contributed by atoms with van der Waals surface area (Å²) in [6.07, 6.45) is 0.634. The highest BCUT2D eigenvalue weighted by molar-refractivity contribution is 5.95. The Balaban J connectivity index is 1.76. The van der Waals surface area contributed by atoms with Crippen LogP contribution in [0.5, 0.6) is 0 Å². The Hall–Kier alpha value is -2.67. The highest BCUT2D eigenvalue weighted by Crippen LogP contribution is 2.31. The second kappa shape index (κ2) is 7.92. The number of rotatable bonds is 5. The molecule has 1 aromatic heterocycles. The molecule has 2 amide bonds. The Morgan fingerprint density at radius 2 is 1.93 bits per heavy atom. The molecular formula is C20H26N4O3. The summed E-state index contributed by atoms with van der Waals surface area (Å²) in [6.45, 7) is 6.97. The Labute approximate surface area is 159 Å². The summed E-state index contributed by atoms with van der Waals surface area (Å²) in [6, 6.07) is 7.18. The van der Waals surface area contributed by atoms with Crippen LogP contribution >= 0.6 is 0 Å². The van der Waals surface area contributed by atoms with E-state index in [1.165, 1.54) is 0 Å². The standard InChI is InChI=1S/C20H26N4O3/c1-5-24-18(16-10-12(2)27-13(3)17(16)23-24)20(26)22-11-14-6-8-15(9-7-14)19(25)21-4/h6-9,12-13H,5,10-11H2,1-4H3,(H,21,25)(H,22,26)/t12-,13+/m0/s1. The van der Waals surface area contributed by atoms with Gasteiger partial charge in [0.15, 0.2) is 0 Å². The van der Waals surface area contributed by atoms with Crippen molar-refractivity contribution < 1.29 is 14.3 Å². The molecule has 0 aliphatic carbocycles. The lowest BCUT2D eigenvalue weighted by atomic mass is 9.99. The van der Waals surface area contributed by atoms with Crippen molar-refractivity contribution in [3.63, 3.8) is 0 Å². The minimum Gasteiger partial charge on any atom is -0.369 e. The van der Waals surface area contributed by atoms with Gasteiger partial charge in [0.1, 0.15) is 5.69 Å².